The highest BCUT2D eigenvalue weighted by atomic mass is 16.5. The minimum Gasteiger partial charge on any atom is -0.382 e. The van der Waals surface area contributed by atoms with E-state index < -0.39 is 0 Å². The standard InChI is InChI=1S/C12H24N2O2/c1-3-16-9-5-8-13-12(15)11-7-4-6-10(2)14-11/h10-11,14H,3-9H2,1-2H3,(H,13,15). The molecule has 4 heteroatoms. The maximum atomic E-state index is 11.8. The molecule has 2 atom stereocenters. The summed E-state index contributed by atoms with van der Waals surface area (Å²) in [5.74, 6) is 0.142. The van der Waals surface area contributed by atoms with Crippen LogP contribution in [0.1, 0.15) is 39.5 Å². The predicted molar refractivity (Wildman–Crippen MR) is 64.4 cm³/mol. The molecule has 1 rings (SSSR count). The number of hydrogen-bond acceptors (Lipinski definition) is 3. The van der Waals surface area contributed by atoms with Crippen LogP contribution in [0.5, 0.6) is 0 Å². The van der Waals surface area contributed by atoms with Crippen molar-refractivity contribution in [1.82, 2.24) is 10.6 Å². The number of carbonyl (C=O) groups is 1. The van der Waals surface area contributed by atoms with E-state index in [1.165, 1.54) is 6.42 Å². The normalized spacial score (nSPS) is 25.4. The van der Waals surface area contributed by atoms with Crippen molar-refractivity contribution in [3.05, 3.63) is 0 Å². The molecule has 16 heavy (non-hydrogen) atoms. The van der Waals surface area contributed by atoms with E-state index in [0.717, 1.165) is 32.5 Å². The molecule has 0 bridgehead atoms. The number of hydrogen-bond donors (Lipinski definition) is 2. The third-order valence-corrected chi connectivity index (χ3v) is 2.90. The lowest BCUT2D eigenvalue weighted by molar-refractivity contribution is -0.124. The first-order chi connectivity index (χ1) is 7.74. The van der Waals surface area contributed by atoms with Crippen LogP contribution in [-0.4, -0.2) is 37.7 Å². The average Bonchev–Trinajstić information content (AvgIpc) is 2.28. The van der Waals surface area contributed by atoms with Crippen molar-refractivity contribution in [2.45, 2.75) is 51.6 Å². The predicted octanol–water partition coefficient (Wildman–Crippen LogP) is 1.06. The first kappa shape index (κ1) is 13.5. The van der Waals surface area contributed by atoms with E-state index in [2.05, 4.69) is 17.6 Å². The SMILES string of the molecule is CCOCCCNC(=O)C1CCCC(C)N1. The summed E-state index contributed by atoms with van der Waals surface area (Å²) in [7, 11) is 0. The fourth-order valence-electron chi connectivity index (χ4n) is 2.00. The molecule has 4 nitrogen and oxygen atoms in total. The Kier molecular flexibility index (Phi) is 6.42. The fourth-order valence-corrected chi connectivity index (χ4v) is 2.00. The van der Waals surface area contributed by atoms with Crippen molar-refractivity contribution in [1.29, 1.82) is 0 Å². The third kappa shape index (κ3) is 4.94. The summed E-state index contributed by atoms with van der Waals surface area (Å²) >= 11 is 0. The molecule has 0 aromatic heterocycles. The Balaban J connectivity index is 2.09. The number of ether oxygens (including phenoxy) is 1. The molecule has 0 saturated carbocycles. The molecule has 0 aliphatic carbocycles. The van der Waals surface area contributed by atoms with Gasteiger partial charge in [0.05, 0.1) is 6.04 Å². The first-order valence-corrected chi connectivity index (χ1v) is 6.35. The van der Waals surface area contributed by atoms with E-state index in [9.17, 15) is 4.79 Å². The van der Waals surface area contributed by atoms with Gasteiger partial charge in [0.15, 0.2) is 0 Å². The topological polar surface area (TPSA) is 50.4 Å². The van der Waals surface area contributed by atoms with Gasteiger partial charge in [0, 0.05) is 25.8 Å². The molecule has 0 spiro atoms. The van der Waals surface area contributed by atoms with Crippen molar-refractivity contribution in [2.75, 3.05) is 19.8 Å². The van der Waals surface area contributed by atoms with Crippen LogP contribution in [0, 0.1) is 0 Å². The minimum atomic E-state index is 0.0100. The van der Waals surface area contributed by atoms with Gasteiger partial charge in [0.1, 0.15) is 0 Å². The molecule has 1 fully saturated rings. The highest BCUT2D eigenvalue weighted by Gasteiger charge is 2.23. The lowest BCUT2D eigenvalue weighted by Gasteiger charge is -2.27. The first-order valence-electron chi connectivity index (χ1n) is 6.35. The molecule has 1 aliphatic rings. The number of amides is 1. The van der Waals surface area contributed by atoms with E-state index in [-0.39, 0.29) is 11.9 Å². The zero-order valence-electron chi connectivity index (χ0n) is 10.4. The van der Waals surface area contributed by atoms with Gasteiger partial charge in [0.2, 0.25) is 5.91 Å². The second kappa shape index (κ2) is 7.63. The zero-order chi connectivity index (χ0) is 11.8. The van der Waals surface area contributed by atoms with Crippen LogP contribution in [0.3, 0.4) is 0 Å². The molecule has 1 aliphatic heterocycles. The summed E-state index contributed by atoms with van der Waals surface area (Å²) in [6, 6.07) is 0.476. The van der Waals surface area contributed by atoms with Crippen molar-refractivity contribution >= 4 is 5.91 Å². The Morgan fingerprint density at radius 2 is 2.31 bits per heavy atom. The van der Waals surface area contributed by atoms with Gasteiger partial charge in [-0.25, -0.2) is 0 Å². The lowest BCUT2D eigenvalue weighted by atomic mass is 9.99. The quantitative estimate of drug-likeness (QED) is 0.668. The molecule has 0 aromatic rings. The smallest absolute Gasteiger partial charge is 0.237 e. The van der Waals surface area contributed by atoms with Crippen LogP contribution >= 0.6 is 0 Å². The van der Waals surface area contributed by atoms with E-state index >= 15 is 0 Å². The molecule has 2 unspecified atom stereocenters. The Labute approximate surface area is 98.1 Å². The fraction of sp³-hybridized carbons (Fsp3) is 0.917. The Morgan fingerprint density at radius 1 is 1.50 bits per heavy atom. The number of carbonyl (C=O) groups excluding carboxylic acids is 1. The van der Waals surface area contributed by atoms with Crippen molar-refractivity contribution in [3.63, 3.8) is 0 Å². The molecule has 1 amide bonds. The molecule has 0 aromatic carbocycles. The Morgan fingerprint density at radius 3 is 3.00 bits per heavy atom. The molecule has 1 saturated heterocycles. The zero-order valence-corrected chi connectivity index (χ0v) is 10.4. The van der Waals surface area contributed by atoms with Crippen molar-refractivity contribution in [3.8, 4) is 0 Å². The molecule has 1 heterocycles. The summed E-state index contributed by atoms with van der Waals surface area (Å²) in [4.78, 5) is 11.8. The molecule has 0 radical (unpaired) electrons. The molecular formula is C12H24N2O2. The summed E-state index contributed by atoms with van der Waals surface area (Å²) in [5.41, 5.74) is 0. The van der Waals surface area contributed by atoms with E-state index in [4.69, 9.17) is 4.74 Å². The molecular weight excluding hydrogens is 204 g/mol. The average molecular weight is 228 g/mol. The van der Waals surface area contributed by atoms with Gasteiger partial charge in [-0.05, 0) is 39.5 Å². The maximum absolute atomic E-state index is 11.8. The third-order valence-electron chi connectivity index (χ3n) is 2.90. The molecule has 2 N–H and O–H groups in total. The second-order valence-electron chi connectivity index (χ2n) is 4.39. The van der Waals surface area contributed by atoms with Gasteiger partial charge in [-0.1, -0.05) is 0 Å². The van der Waals surface area contributed by atoms with Gasteiger partial charge in [-0.2, -0.15) is 0 Å². The highest BCUT2D eigenvalue weighted by Crippen LogP contribution is 2.12. The lowest BCUT2D eigenvalue weighted by Crippen LogP contribution is -2.50. The Bertz CT molecular complexity index is 209. The summed E-state index contributed by atoms with van der Waals surface area (Å²) in [6.45, 7) is 6.30. The van der Waals surface area contributed by atoms with Crippen molar-refractivity contribution in [2.24, 2.45) is 0 Å². The van der Waals surface area contributed by atoms with Crippen LogP contribution in [0.15, 0.2) is 0 Å². The van der Waals surface area contributed by atoms with Crippen LogP contribution in [0.25, 0.3) is 0 Å². The van der Waals surface area contributed by atoms with E-state index in [0.29, 0.717) is 12.6 Å². The van der Waals surface area contributed by atoms with Crippen LogP contribution in [0.2, 0.25) is 0 Å². The maximum Gasteiger partial charge on any atom is 0.237 e. The van der Waals surface area contributed by atoms with Crippen molar-refractivity contribution < 1.29 is 9.53 Å². The summed E-state index contributed by atoms with van der Waals surface area (Å²) < 4.78 is 5.21. The molecule has 94 valence electrons. The monoisotopic (exact) mass is 228 g/mol. The van der Waals surface area contributed by atoms with E-state index in [1.54, 1.807) is 0 Å². The Hall–Kier alpha value is -0.610. The van der Waals surface area contributed by atoms with Gasteiger partial charge in [-0.15, -0.1) is 0 Å². The number of rotatable bonds is 6. The van der Waals surface area contributed by atoms with Crippen LogP contribution in [-0.2, 0) is 9.53 Å². The number of piperidine rings is 1. The van der Waals surface area contributed by atoms with Crippen LogP contribution in [0.4, 0.5) is 0 Å². The summed E-state index contributed by atoms with van der Waals surface area (Å²) in [6.07, 6.45) is 4.17. The van der Waals surface area contributed by atoms with Gasteiger partial charge in [-0.3, -0.25) is 4.79 Å². The van der Waals surface area contributed by atoms with Crippen LogP contribution < -0.4 is 10.6 Å². The number of nitrogens with one attached hydrogen (secondary N) is 2. The van der Waals surface area contributed by atoms with Gasteiger partial charge in [0.25, 0.3) is 0 Å². The highest BCUT2D eigenvalue weighted by molar-refractivity contribution is 5.81. The van der Waals surface area contributed by atoms with E-state index in [1.807, 2.05) is 6.92 Å². The summed E-state index contributed by atoms with van der Waals surface area (Å²) in [5, 5.41) is 6.28. The second-order valence-corrected chi connectivity index (χ2v) is 4.39. The minimum absolute atomic E-state index is 0.0100. The largest absolute Gasteiger partial charge is 0.382 e. The van der Waals surface area contributed by atoms with Gasteiger partial charge >= 0.3 is 0 Å². The van der Waals surface area contributed by atoms with Gasteiger partial charge < -0.3 is 15.4 Å².